The number of ether oxygens (including phenoxy) is 1. The molecule has 0 aliphatic heterocycles. The van der Waals surface area contributed by atoms with Crippen LogP contribution in [-0.4, -0.2) is 34.4 Å². The van der Waals surface area contributed by atoms with E-state index in [4.69, 9.17) is 32.3 Å². The third-order valence-corrected chi connectivity index (χ3v) is 3.91. The van der Waals surface area contributed by atoms with Crippen LogP contribution in [0.2, 0.25) is 0 Å². The molecule has 0 heterocycles. The lowest BCUT2D eigenvalue weighted by atomic mass is 10.2. The molecule has 0 aliphatic rings. The molecular weight excluding hydrogens is 336 g/mol. The highest BCUT2D eigenvalue weighted by atomic mass is 35.9. The standard InChI is InChI=1S/C13H16Cl2NO4P/c1-2-11(12(17)18)16(9-21(14)15)13(19)20-8-10-6-4-3-5-7-10/h3-7,11H,2,8-9H2,1H3,(H,17,18). The number of carboxylic acid groups (broad SMARTS) is 1. The lowest BCUT2D eigenvalue weighted by molar-refractivity contribution is -0.142. The number of carbonyl (C=O) groups excluding carboxylic acids is 1. The van der Waals surface area contributed by atoms with E-state index in [9.17, 15) is 9.59 Å². The molecule has 1 atom stereocenters. The Morgan fingerprint density at radius 2 is 1.95 bits per heavy atom. The van der Waals surface area contributed by atoms with Crippen LogP contribution in [0.1, 0.15) is 18.9 Å². The normalized spacial score (nSPS) is 12.0. The summed E-state index contributed by atoms with van der Waals surface area (Å²) in [5, 5.41) is 9.16. The molecule has 1 N–H and O–H groups in total. The highest BCUT2D eigenvalue weighted by Crippen LogP contribution is 2.47. The molecule has 8 heteroatoms. The van der Waals surface area contributed by atoms with Crippen molar-refractivity contribution >= 4 is 41.2 Å². The number of amides is 1. The first kappa shape index (κ1) is 18.0. The van der Waals surface area contributed by atoms with Crippen molar-refractivity contribution < 1.29 is 19.4 Å². The molecule has 21 heavy (non-hydrogen) atoms. The minimum atomic E-state index is -1.49. The Bertz CT molecular complexity index is 472. The number of aliphatic carboxylic acids is 1. The summed E-state index contributed by atoms with van der Waals surface area (Å²) < 4.78 is 5.14. The highest BCUT2D eigenvalue weighted by molar-refractivity contribution is 8.03. The molecule has 116 valence electrons. The SMILES string of the molecule is CCC(C(=O)O)N(CP(Cl)Cl)C(=O)OCc1ccccc1. The summed E-state index contributed by atoms with van der Waals surface area (Å²) in [5.41, 5.74) is 0.813. The molecule has 0 aliphatic carbocycles. The molecule has 0 aromatic heterocycles. The van der Waals surface area contributed by atoms with Crippen LogP contribution in [0.15, 0.2) is 30.3 Å². The van der Waals surface area contributed by atoms with Gasteiger partial charge in [0.2, 0.25) is 0 Å². The van der Waals surface area contributed by atoms with Gasteiger partial charge < -0.3 is 9.84 Å². The maximum Gasteiger partial charge on any atom is 0.411 e. The zero-order valence-corrected chi connectivity index (χ0v) is 13.8. The van der Waals surface area contributed by atoms with E-state index in [1.54, 1.807) is 6.92 Å². The Balaban J connectivity index is 2.73. The van der Waals surface area contributed by atoms with Crippen molar-refractivity contribution in [2.24, 2.45) is 0 Å². The largest absolute Gasteiger partial charge is 0.480 e. The molecule has 1 aromatic carbocycles. The number of carbonyl (C=O) groups is 2. The number of halogens is 2. The van der Waals surface area contributed by atoms with Gasteiger partial charge in [-0.15, -0.1) is 0 Å². The van der Waals surface area contributed by atoms with Crippen molar-refractivity contribution in [1.29, 1.82) is 0 Å². The highest BCUT2D eigenvalue weighted by Gasteiger charge is 2.30. The molecule has 0 fully saturated rings. The lowest BCUT2D eigenvalue weighted by Crippen LogP contribution is -2.44. The molecule has 0 bridgehead atoms. The summed E-state index contributed by atoms with van der Waals surface area (Å²) in [6, 6.07) is 8.11. The zero-order valence-electron chi connectivity index (χ0n) is 11.4. The van der Waals surface area contributed by atoms with Crippen LogP contribution in [0.25, 0.3) is 0 Å². The first-order valence-corrected chi connectivity index (χ1v) is 9.58. The number of benzene rings is 1. The van der Waals surface area contributed by atoms with Gasteiger partial charge in [0.05, 0.1) is 6.29 Å². The van der Waals surface area contributed by atoms with Gasteiger partial charge >= 0.3 is 12.1 Å². The molecule has 0 radical (unpaired) electrons. The van der Waals surface area contributed by atoms with Crippen LogP contribution < -0.4 is 0 Å². The van der Waals surface area contributed by atoms with E-state index in [1.807, 2.05) is 30.3 Å². The molecule has 0 spiro atoms. The van der Waals surface area contributed by atoms with Crippen molar-refractivity contribution in [2.75, 3.05) is 6.29 Å². The molecule has 1 rings (SSSR count). The van der Waals surface area contributed by atoms with E-state index >= 15 is 0 Å². The predicted molar refractivity (Wildman–Crippen MR) is 83.7 cm³/mol. The molecule has 1 amide bonds. The number of nitrogens with zero attached hydrogens (tertiary/aromatic N) is 1. The van der Waals surface area contributed by atoms with Crippen molar-refractivity contribution in [1.82, 2.24) is 4.90 Å². The van der Waals surface area contributed by atoms with Crippen LogP contribution >= 0.6 is 29.1 Å². The van der Waals surface area contributed by atoms with Crippen LogP contribution in [0.3, 0.4) is 0 Å². The number of carboxylic acids is 1. The van der Waals surface area contributed by atoms with Gasteiger partial charge in [0.1, 0.15) is 19.3 Å². The smallest absolute Gasteiger partial charge is 0.411 e. The summed E-state index contributed by atoms with van der Waals surface area (Å²) in [4.78, 5) is 24.4. The van der Waals surface area contributed by atoms with Gasteiger partial charge in [-0.25, -0.2) is 9.59 Å². The molecule has 1 unspecified atom stereocenters. The topological polar surface area (TPSA) is 66.8 Å². The van der Waals surface area contributed by atoms with E-state index in [0.717, 1.165) is 10.5 Å². The Morgan fingerprint density at radius 3 is 2.43 bits per heavy atom. The number of hydrogen-bond acceptors (Lipinski definition) is 3. The fourth-order valence-corrected chi connectivity index (χ4v) is 2.96. The second-order valence-corrected chi connectivity index (χ2v) is 8.07. The fourth-order valence-electron chi connectivity index (χ4n) is 1.73. The van der Waals surface area contributed by atoms with E-state index in [1.165, 1.54) is 0 Å². The average Bonchev–Trinajstić information content (AvgIpc) is 2.45. The minimum Gasteiger partial charge on any atom is -0.480 e. The maximum absolute atomic E-state index is 12.1. The monoisotopic (exact) mass is 351 g/mol. The van der Waals surface area contributed by atoms with Crippen LogP contribution in [0.5, 0.6) is 0 Å². The van der Waals surface area contributed by atoms with Gasteiger partial charge in [0.25, 0.3) is 0 Å². The summed E-state index contributed by atoms with van der Waals surface area (Å²) in [6.07, 6.45) is -0.536. The van der Waals surface area contributed by atoms with Gasteiger partial charge in [-0.1, -0.05) is 59.7 Å². The van der Waals surface area contributed by atoms with Gasteiger partial charge in [0.15, 0.2) is 0 Å². The second-order valence-electron chi connectivity index (χ2n) is 4.22. The van der Waals surface area contributed by atoms with Crippen LogP contribution in [0.4, 0.5) is 4.79 Å². The Hall–Kier alpha value is -1.03. The fraction of sp³-hybridized carbons (Fsp3) is 0.385. The maximum atomic E-state index is 12.1. The quantitative estimate of drug-likeness (QED) is 0.746. The molecular formula is C13H16Cl2NO4P. The van der Waals surface area contributed by atoms with Gasteiger partial charge in [0, 0.05) is 0 Å². The van der Waals surface area contributed by atoms with Gasteiger partial charge in [-0.2, -0.15) is 0 Å². The summed E-state index contributed by atoms with van der Waals surface area (Å²) in [7, 11) is 0. The minimum absolute atomic E-state index is 0.0448. The molecule has 5 nitrogen and oxygen atoms in total. The van der Waals surface area contributed by atoms with E-state index < -0.39 is 24.7 Å². The molecule has 0 saturated carbocycles. The Kier molecular flexibility index (Phi) is 7.79. The van der Waals surface area contributed by atoms with Crippen molar-refractivity contribution in [3.63, 3.8) is 0 Å². The average molecular weight is 352 g/mol. The Labute approximate surface area is 134 Å². The van der Waals surface area contributed by atoms with Gasteiger partial charge in [-0.3, -0.25) is 4.90 Å². The lowest BCUT2D eigenvalue weighted by Gasteiger charge is -2.27. The van der Waals surface area contributed by atoms with Gasteiger partial charge in [-0.05, 0) is 12.0 Å². The van der Waals surface area contributed by atoms with Crippen LogP contribution in [0, 0.1) is 0 Å². The first-order valence-electron chi connectivity index (χ1n) is 6.25. The van der Waals surface area contributed by atoms with E-state index in [0.29, 0.717) is 0 Å². The van der Waals surface area contributed by atoms with E-state index in [-0.39, 0.29) is 19.3 Å². The third kappa shape index (κ3) is 6.08. The first-order chi connectivity index (χ1) is 9.95. The van der Waals surface area contributed by atoms with Crippen LogP contribution in [-0.2, 0) is 16.1 Å². The molecule has 1 aromatic rings. The third-order valence-electron chi connectivity index (χ3n) is 2.75. The zero-order chi connectivity index (χ0) is 15.8. The predicted octanol–water partition coefficient (Wildman–Crippen LogP) is 4.24. The van der Waals surface area contributed by atoms with Crippen molar-refractivity contribution in [2.45, 2.75) is 26.0 Å². The summed E-state index contributed by atoms with van der Waals surface area (Å²) in [5.74, 6) is -1.11. The number of rotatable bonds is 7. The van der Waals surface area contributed by atoms with E-state index in [2.05, 4.69) is 0 Å². The summed E-state index contributed by atoms with van der Waals surface area (Å²) in [6.45, 7) is 0.238. The number of hydrogen-bond donors (Lipinski definition) is 1. The van der Waals surface area contributed by atoms with Crippen molar-refractivity contribution in [3.8, 4) is 0 Å². The van der Waals surface area contributed by atoms with Crippen molar-refractivity contribution in [3.05, 3.63) is 35.9 Å². The Morgan fingerprint density at radius 1 is 1.33 bits per heavy atom. The summed E-state index contributed by atoms with van der Waals surface area (Å²) >= 11 is 11.5. The second kappa shape index (κ2) is 9.08. The molecule has 0 saturated heterocycles.